The molecule has 0 bridgehead atoms. The van der Waals surface area contributed by atoms with Crippen molar-refractivity contribution in [2.75, 3.05) is 0 Å². The molecule has 134 valence electrons. The van der Waals surface area contributed by atoms with Gasteiger partial charge in [-0.05, 0) is 91.3 Å². The number of hydrogen-bond donors (Lipinski definition) is 0. The fourth-order valence-corrected chi connectivity index (χ4v) is 4.90. The molecule has 2 aromatic rings. The van der Waals surface area contributed by atoms with Crippen molar-refractivity contribution in [1.29, 1.82) is 0 Å². The minimum atomic E-state index is -0.419. The van der Waals surface area contributed by atoms with Gasteiger partial charge in [-0.1, -0.05) is 42.9 Å². The summed E-state index contributed by atoms with van der Waals surface area (Å²) in [4.78, 5) is 0. The van der Waals surface area contributed by atoms with Crippen LogP contribution in [0, 0.1) is 29.5 Å². The molecular formula is C24H24ClF. The molecule has 2 aliphatic carbocycles. The molecule has 2 aromatic carbocycles. The summed E-state index contributed by atoms with van der Waals surface area (Å²) in [5.41, 5.74) is 4.69. The highest BCUT2D eigenvalue weighted by Gasteiger charge is 2.34. The van der Waals surface area contributed by atoms with E-state index in [0.717, 1.165) is 29.7 Å². The monoisotopic (exact) mass is 366 g/mol. The van der Waals surface area contributed by atoms with Gasteiger partial charge in [0.2, 0.25) is 0 Å². The van der Waals surface area contributed by atoms with Crippen LogP contribution in [0.1, 0.15) is 67.2 Å². The van der Waals surface area contributed by atoms with Crippen LogP contribution in [0.5, 0.6) is 0 Å². The Morgan fingerprint density at radius 1 is 1.04 bits per heavy atom. The zero-order valence-corrected chi connectivity index (χ0v) is 16.0. The molecule has 0 N–H and O–H groups in total. The summed E-state index contributed by atoms with van der Waals surface area (Å²) in [5, 5.41) is 0.136. The molecule has 0 amide bonds. The summed E-state index contributed by atoms with van der Waals surface area (Å²) in [5.74, 6) is 8.37. The topological polar surface area (TPSA) is 0 Å². The van der Waals surface area contributed by atoms with Gasteiger partial charge in [0.15, 0.2) is 0 Å². The van der Waals surface area contributed by atoms with Gasteiger partial charge in [0.05, 0.1) is 5.02 Å². The molecular weight excluding hydrogens is 343 g/mol. The van der Waals surface area contributed by atoms with E-state index in [-0.39, 0.29) is 5.02 Å². The van der Waals surface area contributed by atoms with E-state index in [9.17, 15) is 4.39 Å². The quantitative estimate of drug-likeness (QED) is 0.490. The van der Waals surface area contributed by atoms with Crippen molar-refractivity contribution < 1.29 is 4.39 Å². The van der Waals surface area contributed by atoms with Crippen LogP contribution in [0.3, 0.4) is 0 Å². The smallest absolute Gasteiger partial charge is 0.143 e. The maximum Gasteiger partial charge on any atom is 0.143 e. The summed E-state index contributed by atoms with van der Waals surface area (Å²) in [6.07, 6.45) is 7.93. The molecule has 3 atom stereocenters. The molecule has 0 nitrogen and oxygen atoms in total. The van der Waals surface area contributed by atoms with Crippen molar-refractivity contribution in [2.24, 2.45) is 11.8 Å². The van der Waals surface area contributed by atoms with E-state index in [0.29, 0.717) is 5.56 Å². The number of benzene rings is 2. The lowest BCUT2D eigenvalue weighted by Crippen LogP contribution is -2.27. The van der Waals surface area contributed by atoms with E-state index in [4.69, 9.17) is 11.6 Å². The minimum absolute atomic E-state index is 0.136. The summed E-state index contributed by atoms with van der Waals surface area (Å²) in [6, 6.07) is 11.4. The van der Waals surface area contributed by atoms with Crippen molar-refractivity contribution >= 4 is 11.6 Å². The lowest BCUT2D eigenvalue weighted by molar-refractivity contribution is 0.206. The van der Waals surface area contributed by atoms with Gasteiger partial charge in [-0.15, -0.1) is 0 Å². The van der Waals surface area contributed by atoms with Crippen molar-refractivity contribution in [2.45, 2.75) is 51.4 Å². The molecule has 1 fully saturated rings. The number of fused-ring (bicyclic) bond motifs is 3. The maximum atomic E-state index is 13.5. The van der Waals surface area contributed by atoms with Gasteiger partial charge in [-0.25, -0.2) is 4.39 Å². The summed E-state index contributed by atoms with van der Waals surface area (Å²) >= 11 is 5.73. The normalized spacial score (nSPS) is 24.2. The lowest BCUT2D eigenvalue weighted by Gasteiger charge is -2.40. The average Bonchev–Trinajstić information content (AvgIpc) is 2.68. The first kappa shape index (κ1) is 17.6. The molecule has 0 spiro atoms. The van der Waals surface area contributed by atoms with Gasteiger partial charge in [0.25, 0.3) is 0 Å². The van der Waals surface area contributed by atoms with Crippen LogP contribution in [0.15, 0.2) is 36.4 Å². The van der Waals surface area contributed by atoms with E-state index < -0.39 is 5.82 Å². The van der Waals surface area contributed by atoms with Gasteiger partial charge in [-0.2, -0.15) is 0 Å². The Morgan fingerprint density at radius 2 is 1.81 bits per heavy atom. The molecule has 2 heteroatoms. The molecule has 0 aliphatic heterocycles. The number of aryl methyl sites for hydroxylation is 1. The highest BCUT2D eigenvalue weighted by atomic mass is 35.5. The molecule has 4 rings (SSSR count). The molecule has 0 saturated heterocycles. The zero-order valence-electron chi connectivity index (χ0n) is 15.2. The van der Waals surface area contributed by atoms with Gasteiger partial charge < -0.3 is 0 Å². The highest BCUT2D eigenvalue weighted by molar-refractivity contribution is 6.30. The number of hydrogen-bond acceptors (Lipinski definition) is 0. The number of halogens is 2. The Labute approximate surface area is 160 Å². The maximum absolute atomic E-state index is 13.5. The lowest BCUT2D eigenvalue weighted by atomic mass is 9.65. The molecule has 0 heterocycles. The predicted molar refractivity (Wildman–Crippen MR) is 106 cm³/mol. The molecule has 1 saturated carbocycles. The summed E-state index contributed by atoms with van der Waals surface area (Å²) in [6.45, 7) is 2.33. The molecule has 26 heavy (non-hydrogen) atoms. The van der Waals surface area contributed by atoms with E-state index in [1.54, 1.807) is 17.7 Å². The van der Waals surface area contributed by atoms with Crippen LogP contribution in [0.25, 0.3) is 0 Å². The van der Waals surface area contributed by atoms with Crippen LogP contribution in [-0.2, 0) is 6.42 Å². The van der Waals surface area contributed by atoms with Crippen LogP contribution in [0.4, 0.5) is 4.39 Å². The van der Waals surface area contributed by atoms with Gasteiger partial charge >= 0.3 is 0 Å². The van der Waals surface area contributed by atoms with Crippen molar-refractivity contribution in [3.63, 3.8) is 0 Å². The van der Waals surface area contributed by atoms with Crippen LogP contribution >= 0.6 is 11.6 Å². The second-order valence-corrected chi connectivity index (χ2v) is 8.19. The first-order valence-corrected chi connectivity index (χ1v) is 10.1. The average molecular weight is 367 g/mol. The summed E-state index contributed by atoms with van der Waals surface area (Å²) in [7, 11) is 0. The second-order valence-electron chi connectivity index (χ2n) is 7.79. The van der Waals surface area contributed by atoms with Crippen LogP contribution in [0.2, 0.25) is 5.02 Å². The molecule has 2 aliphatic rings. The van der Waals surface area contributed by atoms with E-state index >= 15 is 0 Å². The van der Waals surface area contributed by atoms with E-state index in [2.05, 4.69) is 37.0 Å². The van der Waals surface area contributed by atoms with Gasteiger partial charge in [-0.3, -0.25) is 0 Å². The Bertz CT molecular complexity index is 874. The molecule has 0 radical (unpaired) electrons. The van der Waals surface area contributed by atoms with Gasteiger partial charge in [0.1, 0.15) is 5.82 Å². The fourth-order valence-electron chi connectivity index (χ4n) is 4.78. The second kappa shape index (κ2) is 7.45. The standard InChI is InChI=1S/C24H24ClF/c1-2-16-5-10-21-19(13-16)8-9-20-14-17(6-11-22(20)21)3-4-18-7-12-23(25)24(26)15-18/h6-7,11-12,14-16,19,21H,2,5,8-10,13H2,1H3. The Morgan fingerprint density at radius 3 is 2.58 bits per heavy atom. The van der Waals surface area contributed by atoms with E-state index in [1.807, 2.05) is 0 Å². The van der Waals surface area contributed by atoms with Crippen molar-refractivity contribution in [3.05, 3.63) is 69.5 Å². The minimum Gasteiger partial charge on any atom is -0.205 e. The summed E-state index contributed by atoms with van der Waals surface area (Å²) < 4.78 is 13.5. The van der Waals surface area contributed by atoms with Gasteiger partial charge in [0, 0.05) is 11.1 Å². The SMILES string of the molecule is CCC1CCC2c3ccc(C#Cc4ccc(Cl)c(F)c4)cc3CCC2C1. The third kappa shape index (κ3) is 3.53. The third-order valence-corrected chi connectivity index (χ3v) is 6.57. The first-order chi connectivity index (χ1) is 12.6. The Kier molecular flexibility index (Phi) is 5.05. The number of rotatable bonds is 1. The Balaban J connectivity index is 1.56. The van der Waals surface area contributed by atoms with Crippen molar-refractivity contribution in [1.82, 2.24) is 0 Å². The third-order valence-electron chi connectivity index (χ3n) is 6.27. The fraction of sp³-hybridized carbons (Fsp3) is 0.417. The van der Waals surface area contributed by atoms with E-state index in [1.165, 1.54) is 43.7 Å². The Hall–Kier alpha value is -1.78. The first-order valence-electron chi connectivity index (χ1n) is 9.74. The molecule has 3 unspecified atom stereocenters. The predicted octanol–water partition coefficient (Wildman–Crippen LogP) is 6.74. The highest BCUT2D eigenvalue weighted by Crippen LogP contribution is 2.47. The van der Waals surface area contributed by atoms with Crippen LogP contribution in [-0.4, -0.2) is 0 Å². The molecule has 0 aromatic heterocycles. The van der Waals surface area contributed by atoms with Crippen molar-refractivity contribution in [3.8, 4) is 11.8 Å². The van der Waals surface area contributed by atoms with Crippen LogP contribution < -0.4 is 0 Å². The zero-order chi connectivity index (χ0) is 18.1. The largest absolute Gasteiger partial charge is 0.205 e.